The third-order valence-electron chi connectivity index (χ3n) is 1.86. The fourth-order valence-electron chi connectivity index (χ4n) is 1.04. The third kappa shape index (κ3) is 2.92. The van der Waals surface area contributed by atoms with Crippen molar-refractivity contribution in [2.24, 2.45) is 5.73 Å². The first kappa shape index (κ1) is 13.8. The molecular weight excluding hydrogens is 272 g/mol. The van der Waals surface area contributed by atoms with Gasteiger partial charge in [0.05, 0.1) is 16.6 Å². The Morgan fingerprint density at radius 1 is 1.50 bits per heavy atom. The van der Waals surface area contributed by atoms with Gasteiger partial charge in [0, 0.05) is 5.56 Å². The van der Waals surface area contributed by atoms with E-state index in [0.29, 0.717) is 10.0 Å². The molecule has 2 nitrogen and oxygen atoms in total. The quantitative estimate of drug-likeness (QED) is 0.876. The van der Waals surface area contributed by atoms with Gasteiger partial charge in [0.25, 0.3) is 0 Å². The zero-order valence-electron chi connectivity index (χ0n) is 7.58. The van der Waals surface area contributed by atoms with E-state index in [0.717, 1.165) is 0 Å². The van der Waals surface area contributed by atoms with Crippen LogP contribution in [0.4, 0.5) is 4.39 Å². The van der Waals surface area contributed by atoms with Crippen LogP contribution in [0, 0.1) is 5.82 Å². The van der Waals surface area contributed by atoms with Crippen molar-refractivity contribution < 1.29 is 9.50 Å². The molecule has 0 aromatic heterocycles. The number of hydrogen-bond acceptors (Lipinski definition) is 2. The van der Waals surface area contributed by atoms with E-state index < -0.39 is 18.0 Å². The largest absolute Gasteiger partial charge is 0.391 e. The minimum atomic E-state index is -0.760. The molecule has 0 aliphatic rings. The number of hydrogen-bond donors (Lipinski definition) is 2. The van der Waals surface area contributed by atoms with Gasteiger partial charge in [-0.25, -0.2) is 4.39 Å². The summed E-state index contributed by atoms with van der Waals surface area (Å²) in [5, 5.41) is 9.18. The number of nitrogens with two attached hydrogens (primary N) is 1. The molecule has 0 saturated carbocycles. The molecule has 2 atom stereocenters. The Labute approximate surface area is 96.8 Å². The summed E-state index contributed by atoms with van der Waals surface area (Å²) in [6.45, 7) is 1.53. The number of aliphatic hydroxyl groups excluding tert-OH is 1. The number of aliphatic hydroxyl groups is 1. The van der Waals surface area contributed by atoms with Crippen LogP contribution in [0.5, 0.6) is 0 Å². The lowest BCUT2D eigenvalue weighted by Gasteiger charge is -2.16. The molecule has 0 saturated heterocycles. The van der Waals surface area contributed by atoms with Gasteiger partial charge in [-0.3, -0.25) is 0 Å². The van der Waals surface area contributed by atoms with E-state index in [1.807, 2.05) is 0 Å². The summed E-state index contributed by atoms with van der Waals surface area (Å²) in [5.41, 5.74) is 5.92. The number of halogens is 3. The van der Waals surface area contributed by atoms with E-state index >= 15 is 0 Å². The fraction of sp³-hybridized carbons (Fsp3) is 0.333. The molecule has 0 heterocycles. The molecule has 80 valence electrons. The Morgan fingerprint density at radius 2 is 2.07 bits per heavy atom. The molecule has 0 amide bonds. The van der Waals surface area contributed by atoms with Gasteiger partial charge in [0.2, 0.25) is 0 Å². The van der Waals surface area contributed by atoms with Crippen molar-refractivity contribution in [2.75, 3.05) is 0 Å². The normalized spacial score (nSPS) is 14.4. The summed E-state index contributed by atoms with van der Waals surface area (Å²) in [7, 11) is 0. The molecule has 3 N–H and O–H groups in total. The number of benzene rings is 1. The summed E-state index contributed by atoms with van der Waals surface area (Å²) in [5.74, 6) is -0.407. The van der Waals surface area contributed by atoms with Gasteiger partial charge in [-0.05, 0) is 28.9 Å². The summed E-state index contributed by atoms with van der Waals surface area (Å²) in [6.07, 6.45) is -0.760. The molecule has 1 rings (SSSR count). The van der Waals surface area contributed by atoms with Crippen molar-refractivity contribution in [2.45, 2.75) is 19.1 Å². The number of rotatable bonds is 2. The second-order valence-electron chi connectivity index (χ2n) is 2.91. The van der Waals surface area contributed by atoms with Crippen molar-refractivity contribution in [3.63, 3.8) is 0 Å². The van der Waals surface area contributed by atoms with Crippen molar-refractivity contribution in [1.29, 1.82) is 0 Å². The topological polar surface area (TPSA) is 46.2 Å². The highest BCUT2D eigenvalue weighted by molar-refractivity contribution is 9.10. The average molecular weight is 285 g/mol. The van der Waals surface area contributed by atoms with Crippen LogP contribution in [0.3, 0.4) is 0 Å². The predicted molar refractivity (Wildman–Crippen MR) is 60.0 cm³/mol. The molecule has 0 radical (unpaired) electrons. The van der Waals surface area contributed by atoms with Gasteiger partial charge in [0.15, 0.2) is 0 Å². The maximum Gasteiger partial charge on any atom is 0.142 e. The molecule has 0 bridgehead atoms. The Bertz CT molecular complexity index is 309. The first-order chi connectivity index (χ1) is 6.04. The van der Waals surface area contributed by atoms with Gasteiger partial charge in [-0.2, -0.15) is 0 Å². The van der Waals surface area contributed by atoms with Crippen LogP contribution >= 0.6 is 28.3 Å². The highest BCUT2D eigenvalue weighted by Crippen LogP contribution is 2.23. The van der Waals surface area contributed by atoms with Gasteiger partial charge >= 0.3 is 0 Å². The van der Waals surface area contributed by atoms with Crippen LogP contribution in [0.25, 0.3) is 0 Å². The molecule has 1 aromatic carbocycles. The van der Waals surface area contributed by atoms with Crippen LogP contribution in [-0.2, 0) is 0 Å². The van der Waals surface area contributed by atoms with E-state index in [1.165, 1.54) is 6.92 Å². The van der Waals surface area contributed by atoms with E-state index in [4.69, 9.17) is 5.73 Å². The smallest absolute Gasteiger partial charge is 0.142 e. The average Bonchev–Trinajstić information content (AvgIpc) is 2.08. The maximum atomic E-state index is 13.4. The highest BCUT2D eigenvalue weighted by atomic mass is 79.9. The van der Waals surface area contributed by atoms with Crippen molar-refractivity contribution in [3.8, 4) is 0 Å². The zero-order valence-corrected chi connectivity index (χ0v) is 9.98. The van der Waals surface area contributed by atoms with Crippen molar-refractivity contribution >= 4 is 28.3 Å². The lowest BCUT2D eigenvalue weighted by atomic mass is 10.0. The molecule has 0 fully saturated rings. The molecule has 1 aromatic rings. The molecule has 5 heteroatoms. The highest BCUT2D eigenvalue weighted by Gasteiger charge is 2.17. The summed E-state index contributed by atoms with van der Waals surface area (Å²) in [6, 6.07) is 4.16. The molecule has 0 unspecified atom stereocenters. The minimum absolute atomic E-state index is 0. The molecule has 0 spiro atoms. The fourth-order valence-corrected chi connectivity index (χ4v) is 1.42. The Hall–Kier alpha value is -0.160. The Kier molecular flexibility index (Phi) is 5.59. The second kappa shape index (κ2) is 5.66. The Balaban J connectivity index is 0.00000169. The van der Waals surface area contributed by atoms with Crippen molar-refractivity contribution in [1.82, 2.24) is 0 Å². The molecular formula is C9H12BrClFNO. The van der Waals surface area contributed by atoms with Gasteiger partial charge < -0.3 is 10.8 Å². The van der Waals surface area contributed by atoms with E-state index in [2.05, 4.69) is 15.9 Å². The van der Waals surface area contributed by atoms with Gasteiger partial charge in [0.1, 0.15) is 5.82 Å². The van der Waals surface area contributed by atoms with Gasteiger partial charge in [-0.15, -0.1) is 12.4 Å². The SMILES string of the molecule is C[C@H](O)[C@H](N)c1cccc(Br)c1F.Cl. The van der Waals surface area contributed by atoms with E-state index in [1.54, 1.807) is 18.2 Å². The summed E-state index contributed by atoms with van der Waals surface area (Å²) < 4.78 is 13.7. The Morgan fingerprint density at radius 3 is 2.57 bits per heavy atom. The molecule has 14 heavy (non-hydrogen) atoms. The molecule has 0 aliphatic heterocycles. The van der Waals surface area contributed by atoms with E-state index in [-0.39, 0.29) is 12.4 Å². The van der Waals surface area contributed by atoms with Crippen molar-refractivity contribution in [3.05, 3.63) is 34.1 Å². The minimum Gasteiger partial charge on any atom is -0.391 e. The van der Waals surface area contributed by atoms with Crippen LogP contribution in [-0.4, -0.2) is 11.2 Å². The monoisotopic (exact) mass is 283 g/mol. The third-order valence-corrected chi connectivity index (χ3v) is 2.47. The van der Waals surface area contributed by atoms with Crippen LogP contribution in [0.15, 0.2) is 22.7 Å². The van der Waals surface area contributed by atoms with Crippen LogP contribution in [0.2, 0.25) is 0 Å². The predicted octanol–water partition coefficient (Wildman–Crippen LogP) is 2.39. The zero-order chi connectivity index (χ0) is 10.0. The van der Waals surface area contributed by atoms with Gasteiger partial charge in [-0.1, -0.05) is 12.1 Å². The standard InChI is InChI=1S/C9H11BrFNO.ClH/c1-5(13)9(12)6-3-2-4-7(10)8(6)11;/h2-5,9,13H,12H2,1H3;1H/t5-,9-;/m0./s1. The second-order valence-corrected chi connectivity index (χ2v) is 3.76. The lowest BCUT2D eigenvalue weighted by Crippen LogP contribution is -2.24. The lowest BCUT2D eigenvalue weighted by molar-refractivity contribution is 0.162. The van der Waals surface area contributed by atoms with E-state index in [9.17, 15) is 9.50 Å². The van der Waals surface area contributed by atoms with Crippen LogP contribution < -0.4 is 5.73 Å². The summed E-state index contributed by atoms with van der Waals surface area (Å²) >= 11 is 3.05. The maximum absolute atomic E-state index is 13.4. The first-order valence-corrected chi connectivity index (χ1v) is 4.71. The first-order valence-electron chi connectivity index (χ1n) is 3.91. The summed E-state index contributed by atoms with van der Waals surface area (Å²) in [4.78, 5) is 0. The van der Waals surface area contributed by atoms with Crippen LogP contribution in [0.1, 0.15) is 18.5 Å². The molecule has 0 aliphatic carbocycles.